The van der Waals surface area contributed by atoms with Crippen molar-refractivity contribution >= 4 is 39.4 Å². The fourth-order valence-electron chi connectivity index (χ4n) is 3.13. The monoisotopic (exact) mass is 392 g/mol. The van der Waals surface area contributed by atoms with E-state index in [0.717, 1.165) is 28.1 Å². The van der Waals surface area contributed by atoms with Crippen molar-refractivity contribution in [3.8, 4) is 10.6 Å². The first-order valence-corrected chi connectivity index (χ1v) is 10.6. The maximum absolute atomic E-state index is 12.4. The number of benzene rings is 2. The van der Waals surface area contributed by atoms with E-state index < -0.39 is 0 Å². The molecule has 0 bridgehead atoms. The first kappa shape index (κ1) is 17.9. The third-order valence-corrected chi connectivity index (χ3v) is 6.40. The van der Waals surface area contributed by atoms with Gasteiger partial charge in [0.05, 0.1) is 22.0 Å². The van der Waals surface area contributed by atoms with E-state index in [1.807, 2.05) is 31.2 Å². The molecule has 0 saturated heterocycles. The second kappa shape index (κ2) is 8.03. The lowest BCUT2D eigenvalue weighted by Gasteiger charge is -2.07. The predicted octanol–water partition coefficient (Wildman–Crippen LogP) is 5.23. The Kier molecular flexibility index (Phi) is 5.32. The van der Waals surface area contributed by atoms with Crippen molar-refractivity contribution in [2.75, 3.05) is 6.54 Å². The van der Waals surface area contributed by atoms with E-state index in [2.05, 4.69) is 46.0 Å². The van der Waals surface area contributed by atoms with Crippen molar-refractivity contribution in [3.63, 3.8) is 0 Å². The molecule has 0 spiro atoms. The van der Waals surface area contributed by atoms with Crippen LogP contribution in [-0.2, 0) is 17.6 Å². The van der Waals surface area contributed by atoms with Crippen LogP contribution in [0.1, 0.15) is 15.4 Å². The van der Waals surface area contributed by atoms with Crippen molar-refractivity contribution in [2.24, 2.45) is 0 Å². The fraction of sp³-hybridized carbons (Fsp3) is 0.182. The average molecular weight is 393 g/mol. The Balaban J connectivity index is 1.33. The SMILES string of the molecule is Cc1nc(-c2ccc(CCNC(=O)Cc3cccc4ccccc34)s2)cs1. The van der Waals surface area contributed by atoms with E-state index in [1.54, 1.807) is 22.7 Å². The molecule has 27 heavy (non-hydrogen) atoms. The van der Waals surface area contributed by atoms with Gasteiger partial charge in [-0.05, 0) is 41.8 Å². The van der Waals surface area contributed by atoms with Crippen molar-refractivity contribution in [3.05, 3.63) is 75.4 Å². The lowest BCUT2D eigenvalue weighted by atomic mass is 10.0. The molecule has 0 aliphatic rings. The molecule has 136 valence electrons. The number of nitrogens with zero attached hydrogens (tertiary/aromatic N) is 1. The largest absolute Gasteiger partial charge is 0.355 e. The van der Waals surface area contributed by atoms with Gasteiger partial charge in [0.1, 0.15) is 0 Å². The first-order valence-electron chi connectivity index (χ1n) is 8.93. The first-order chi connectivity index (χ1) is 13.2. The molecule has 3 nitrogen and oxygen atoms in total. The summed E-state index contributed by atoms with van der Waals surface area (Å²) in [6, 6.07) is 18.6. The fourth-order valence-corrected chi connectivity index (χ4v) is 4.79. The Bertz CT molecular complexity index is 1080. The van der Waals surface area contributed by atoms with Crippen LogP contribution in [0.4, 0.5) is 0 Å². The standard InChI is InChI=1S/C22H20N2OS2/c1-15-24-20(14-26-15)21-10-9-18(27-21)11-12-23-22(25)13-17-7-4-6-16-5-2-3-8-19(16)17/h2-10,14H,11-13H2,1H3,(H,23,25). The Hall–Kier alpha value is -2.50. The maximum atomic E-state index is 12.4. The molecule has 5 heteroatoms. The minimum atomic E-state index is 0.0678. The van der Waals surface area contributed by atoms with Gasteiger partial charge in [0.15, 0.2) is 0 Å². The summed E-state index contributed by atoms with van der Waals surface area (Å²) in [5.41, 5.74) is 2.12. The maximum Gasteiger partial charge on any atom is 0.224 e. The van der Waals surface area contributed by atoms with Crippen LogP contribution < -0.4 is 5.32 Å². The third kappa shape index (κ3) is 4.26. The van der Waals surface area contributed by atoms with Gasteiger partial charge in [-0.15, -0.1) is 22.7 Å². The Morgan fingerprint density at radius 1 is 1.07 bits per heavy atom. The second-order valence-corrected chi connectivity index (χ2v) is 8.66. The van der Waals surface area contributed by atoms with Gasteiger partial charge in [0.2, 0.25) is 5.91 Å². The van der Waals surface area contributed by atoms with Crippen molar-refractivity contribution in [1.82, 2.24) is 10.3 Å². The number of thiophene rings is 1. The van der Waals surface area contributed by atoms with Crippen LogP contribution in [0.5, 0.6) is 0 Å². The van der Waals surface area contributed by atoms with Gasteiger partial charge in [-0.3, -0.25) is 4.79 Å². The summed E-state index contributed by atoms with van der Waals surface area (Å²) in [6.07, 6.45) is 1.25. The highest BCUT2D eigenvalue weighted by atomic mass is 32.1. The minimum Gasteiger partial charge on any atom is -0.355 e. The average Bonchev–Trinajstić information content (AvgIpc) is 3.31. The second-order valence-electron chi connectivity index (χ2n) is 6.43. The molecule has 0 atom stereocenters. The third-order valence-electron chi connectivity index (χ3n) is 4.46. The highest BCUT2D eigenvalue weighted by molar-refractivity contribution is 7.16. The summed E-state index contributed by atoms with van der Waals surface area (Å²) in [7, 11) is 0. The molecular formula is C22H20N2OS2. The van der Waals surface area contributed by atoms with Crippen LogP contribution in [0.25, 0.3) is 21.3 Å². The topological polar surface area (TPSA) is 42.0 Å². The van der Waals surface area contributed by atoms with E-state index in [-0.39, 0.29) is 5.91 Å². The number of hydrogen-bond acceptors (Lipinski definition) is 4. The predicted molar refractivity (Wildman–Crippen MR) is 115 cm³/mol. The van der Waals surface area contributed by atoms with Gasteiger partial charge >= 0.3 is 0 Å². The number of amides is 1. The minimum absolute atomic E-state index is 0.0678. The molecule has 0 unspecified atom stereocenters. The van der Waals surface area contributed by atoms with Gasteiger partial charge in [-0.25, -0.2) is 4.98 Å². The Labute approximate surface area is 166 Å². The number of carbonyl (C=O) groups excluding carboxylic acids is 1. The summed E-state index contributed by atoms with van der Waals surface area (Å²) >= 11 is 3.42. The van der Waals surface area contributed by atoms with Gasteiger partial charge in [-0.1, -0.05) is 42.5 Å². The molecule has 0 fully saturated rings. The number of aryl methyl sites for hydroxylation is 1. The quantitative estimate of drug-likeness (QED) is 0.488. The van der Waals surface area contributed by atoms with Crippen molar-refractivity contribution in [2.45, 2.75) is 19.8 Å². The van der Waals surface area contributed by atoms with E-state index in [4.69, 9.17) is 0 Å². The highest BCUT2D eigenvalue weighted by Gasteiger charge is 2.08. The summed E-state index contributed by atoms with van der Waals surface area (Å²) in [4.78, 5) is 19.3. The van der Waals surface area contributed by atoms with Crippen LogP contribution in [0.15, 0.2) is 60.0 Å². The lowest BCUT2D eigenvalue weighted by molar-refractivity contribution is -0.120. The Morgan fingerprint density at radius 3 is 2.78 bits per heavy atom. The number of hydrogen-bond donors (Lipinski definition) is 1. The zero-order valence-corrected chi connectivity index (χ0v) is 16.7. The van der Waals surface area contributed by atoms with E-state index in [0.29, 0.717) is 13.0 Å². The highest BCUT2D eigenvalue weighted by Crippen LogP contribution is 2.29. The van der Waals surface area contributed by atoms with Gasteiger partial charge in [0, 0.05) is 16.8 Å². The molecule has 4 aromatic rings. The molecule has 0 aliphatic carbocycles. The smallest absolute Gasteiger partial charge is 0.224 e. The molecule has 2 heterocycles. The van der Waals surface area contributed by atoms with Crippen LogP contribution in [0.3, 0.4) is 0 Å². The van der Waals surface area contributed by atoms with Gasteiger partial charge in [0.25, 0.3) is 0 Å². The number of aromatic nitrogens is 1. The zero-order chi connectivity index (χ0) is 18.6. The normalized spacial score (nSPS) is 11.0. The Morgan fingerprint density at radius 2 is 1.93 bits per heavy atom. The number of thiazole rings is 1. The number of nitrogens with one attached hydrogen (secondary N) is 1. The number of fused-ring (bicyclic) bond motifs is 1. The molecule has 0 saturated carbocycles. The van der Waals surface area contributed by atoms with E-state index in [1.165, 1.54) is 15.1 Å². The number of carbonyl (C=O) groups is 1. The summed E-state index contributed by atoms with van der Waals surface area (Å²) in [6.45, 7) is 2.67. The molecule has 2 aromatic heterocycles. The van der Waals surface area contributed by atoms with Crippen LogP contribution in [-0.4, -0.2) is 17.4 Å². The van der Waals surface area contributed by atoms with E-state index >= 15 is 0 Å². The van der Waals surface area contributed by atoms with Crippen LogP contribution in [0.2, 0.25) is 0 Å². The van der Waals surface area contributed by atoms with Gasteiger partial charge in [-0.2, -0.15) is 0 Å². The van der Waals surface area contributed by atoms with E-state index in [9.17, 15) is 4.79 Å². The van der Waals surface area contributed by atoms with Gasteiger partial charge < -0.3 is 5.32 Å². The number of rotatable bonds is 6. The van der Waals surface area contributed by atoms with Crippen molar-refractivity contribution < 1.29 is 4.79 Å². The molecule has 0 aliphatic heterocycles. The van der Waals surface area contributed by atoms with Crippen molar-refractivity contribution in [1.29, 1.82) is 0 Å². The molecule has 0 radical (unpaired) electrons. The molecule has 2 aromatic carbocycles. The molecule has 1 amide bonds. The zero-order valence-electron chi connectivity index (χ0n) is 15.1. The summed E-state index contributed by atoms with van der Waals surface area (Å²) in [5, 5.41) is 8.55. The van der Waals surface area contributed by atoms with Crippen LogP contribution >= 0.6 is 22.7 Å². The van der Waals surface area contributed by atoms with Crippen LogP contribution in [0, 0.1) is 6.92 Å². The molecular weight excluding hydrogens is 372 g/mol. The lowest BCUT2D eigenvalue weighted by Crippen LogP contribution is -2.27. The molecule has 1 N–H and O–H groups in total. The summed E-state index contributed by atoms with van der Waals surface area (Å²) in [5.74, 6) is 0.0678. The molecule has 4 rings (SSSR count). The summed E-state index contributed by atoms with van der Waals surface area (Å²) < 4.78 is 0.